The van der Waals surface area contributed by atoms with Crippen molar-refractivity contribution in [1.82, 2.24) is 4.98 Å². The van der Waals surface area contributed by atoms with E-state index >= 15 is 0 Å². The third kappa shape index (κ3) is 3.30. The molecule has 0 N–H and O–H groups in total. The number of carbonyl (C=O) groups is 1. The SMILES string of the molecule is CC(C(=O)N=S(C)(=O)c1ccccn1)c1ccccc1. The molecule has 2 rings (SSSR count). The maximum Gasteiger partial charge on any atom is 0.261 e. The van der Waals surface area contributed by atoms with Crippen LogP contribution in [0.4, 0.5) is 0 Å². The molecule has 2 aromatic rings. The first-order valence-corrected chi connectivity index (χ1v) is 8.15. The lowest BCUT2D eigenvalue weighted by atomic mass is 10.0. The largest absolute Gasteiger partial charge is 0.271 e. The van der Waals surface area contributed by atoms with Gasteiger partial charge in [0, 0.05) is 12.5 Å². The molecular formula is C15H16N2O2S. The van der Waals surface area contributed by atoms with Crippen LogP contribution in [0.1, 0.15) is 18.4 Å². The fourth-order valence-electron chi connectivity index (χ4n) is 1.75. The van der Waals surface area contributed by atoms with Crippen molar-refractivity contribution in [2.45, 2.75) is 17.9 Å². The van der Waals surface area contributed by atoms with Crippen LogP contribution in [0.2, 0.25) is 0 Å². The van der Waals surface area contributed by atoms with Crippen LogP contribution in [0.25, 0.3) is 0 Å². The lowest BCUT2D eigenvalue weighted by Gasteiger charge is -2.08. The summed E-state index contributed by atoms with van der Waals surface area (Å²) in [6, 6.07) is 14.4. The van der Waals surface area contributed by atoms with Gasteiger partial charge in [0.1, 0.15) is 5.03 Å². The van der Waals surface area contributed by atoms with Crippen molar-refractivity contribution in [2.75, 3.05) is 6.26 Å². The Morgan fingerprint density at radius 1 is 1.15 bits per heavy atom. The van der Waals surface area contributed by atoms with E-state index in [1.807, 2.05) is 30.3 Å². The van der Waals surface area contributed by atoms with Gasteiger partial charge in [-0.1, -0.05) is 36.4 Å². The van der Waals surface area contributed by atoms with Gasteiger partial charge in [-0.05, 0) is 24.6 Å². The van der Waals surface area contributed by atoms with Gasteiger partial charge in [-0.2, -0.15) is 4.36 Å². The van der Waals surface area contributed by atoms with Crippen molar-refractivity contribution in [3.05, 3.63) is 60.3 Å². The summed E-state index contributed by atoms with van der Waals surface area (Å²) < 4.78 is 16.4. The molecule has 2 atom stereocenters. The molecule has 0 radical (unpaired) electrons. The molecule has 20 heavy (non-hydrogen) atoms. The summed E-state index contributed by atoms with van der Waals surface area (Å²) in [6.45, 7) is 1.76. The Bertz CT molecular complexity index is 705. The minimum absolute atomic E-state index is 0.327. The second kappa shape index (κ2) is 5.96. The summed E-state index contributed by atoms with van der Waals surface area (Å²) >= 11 is 0. The fraction of sp³-hybridized carbons (Fsp3) is 0.200. The first-order chi connectivity index (χ1) is 9.50. The fourth-order valence-corrected chi connectivity index (χ4v) is 2.94. The van der Waals surface area contributed by atoms with E-state index in [4.69, 9.17) is 0 Å². The van der Waals surface area contributed by atoms with Gasteiger partial charge in [0.25, 0.3) is 5.91 Å². The molecule has 1 aromatic heterocycles. The van der Waals surface area contributed by atoms with Gasteiger partial charge in [-0.25, -0.2) is 9.19 Å². The molecule has 0 spiro atoms. The van der Waals surface area contributed by atoms with E-state index in [0.29, 0.717) is 5.03 Å². The van der Waals surface area contributed by atoms with Gasteiger partial charge >= 0.3 is 0 Å². The molecule has 4 nitrogen and oxygen atoms in total. The monoisotopic (exact) mass is 288 g/mol. The summed E-state index contributed by atoms with van der Waals surface area (Å²) in [4.78, 5) is 16.2. The topological polar surface area (TPSA) is 59.4 Å². The number of aromatic nitrogens is 1. The number of nitrogens with zero attached hydrogens (tertiary/aromatic N) is 2. The van der Waals surface area contributed by atoms with Crippen LogP contribution in [0.3, 0.4) is 0 Å². The van der Waals surface area contributed by atoms with Crippen LogP contribution in [0.15, 0.2) is 64.1 Å². The highest BCUT2D eigenvalue weighted by Crippen LogP contribution is 2.18. The first-order valence-electron chi connectivity index (χ1n) is 6.23. The highest BCUT2D eigenvalue weighted by atomic mass is 32.2. The standard InChI is InChI=1S/C15H16N2O2S/c1-12(13-8-4-3-5-9-13)15(18)17-20(2,19)14-10-6-7-11-16-14/h3-12H,1-2H3. The van der Waals surface area contributed by atoms with Gasteiger partial charge in [0.05, 0.1) is 15.6 Å². The summed E-state index contributed by atoms with van der Waals surface area (Å²) in [7, 11) is -2.80. The molecule has 5 heteroatoms. The number of hydrogen-bond acceptors (Lipinski definition) is 3. The molecule has 1 heterocycles. The zero-order valence-corrected chi connectivity index (χ0v) is 12.2. The normalized spacial score (nSPS) is 15.1. The lowest BCUT2D eigenvalue weighted by molar-refractivity contribution is -0.118. The van der Waals surface area contributed by atoms with Crippen LogP contribution in [0, 0.1) is 0 Å². The molecule has 0 fully saturated rings. The predicted molar refractivity (Wildman–Crippen MR) is 78.9 cm³/mol. The van der Waals surface area contributed by atoms with Gasteiger partial charge in [0.2, 0.25) is 0 Å². The van der Waals surface area contributed by atoms with Crippen molar-refractivity contribution in [1.29, 1.82) is 0 Å². The van der Waals surface area contributed by atoms with Gasteiger partial charge in [-0.15, -0.1) is 0 Å². The maximum atomic E-state index is 12.5. The summed E-state index contributed by atoms with van der Waals surface area (Å²) in [5, 5.41) is 0.327. The molecule has 0 aliphatic rings. The Balaban J connectivity index is 2.31. The van der Waals surface area contributed by atoms with E-state index in [9.17, 15) is 9.00 Å². The zero-order chi connectivity index (χ0) is 14.6. The van der Waals surface area contributed by atoms with E-state index in [2.05, 4.69) is 9.35 Å². The highest BCUT2D eigenvalue weighted by molar-refractivity contribution is 7.93. The van der Waals surface area contributed by atoms with E-state index in [1.54, 1.807) is 31.3 Å². The van der Waals surface area contributed by atoms with Crippen LogP contribution in [-0.2, 0) is 14.5 Å². The molecule has 0 saturated heterocycles. The van der Waals surface area contributed by atoms with E-state index in [1.165, 1.54) is 6.26 Å². The number of rotatable bonds is 3. The van der Waals surface area contributed by atoms with E-state index < -0.39 is 21.6 Å². The molecule has 1 amide bonds. The quantitative estimate of drug-likeness (QED) is 0.872. The van der Waals surface area contributed by atoms with E-state index in [-0.39, 0.29) is 0 Å². The minimum atomic E-state index is -2.80. The van der Waals surface area contributed by atoms with Crippen LogP contribution in [-0.4, -0.2) is 21.4 Å². The van der Waals surface area contributed by atoms with Crippen molar-refractivity contribution in [3.63, 3.8) is 0 Å². The number of benzene rings is 1. The van der Waals surface area contributed by atoms with Crippen molar-refractivity contribution in [3.8, 4) is 0 Å². The predicted octanol–water partition coefficient (Wildman–Crippen LogP) is 2.87. The maximum absolute atomic E-state index is 12.5. The molecule has 0 aliphatic carbocycles. The molecule has 104 valence electrons. The Morgan fingerprint density at radius 2 is 1.80 bits per heavy atom. The van der Waals surface area contributed by atoms with E-state index in [0.717, 1.165) is 5.56 Å². The molecule has 0 aliphatic heterocycles. The Morgan fingerprint density at radius 3 is 2.40 bits per heavy atom. The smallest absolute Gasteiger partial charge is 0.261 e. The van der Waals surface area contributed by atoms with Crippen molar-refractivity contribution in [2.24, 2.45) is 4.36 Å². The number of amides is 1. The summed E-state index contributed by atoms with van der Waals surface area (Å²) in [6.07, 6.45) is 2.98. The first kappa shape index (κ1) is 14.4. The highest BCUT2D eigenvalue weighted by Gasteiger charge is 2.17. The molecule has 2 unspecified atom stereocenters. The van der Waals surface area contributed by atoms with Gasteiger partial charge in [-0.3, -0.25) is 4.79 Å². The van der Waals surface area contributed by atoms with Crippen LogP contribution >= 0.6 is 0 Å². The minimum Gasteiger partial charge on any atom is -0.271 e. The third-order valence-corrected chi connectivity index (χ3v) is 4.51. The second-order valence-corrected chi connectivity index (χ2v) is 6.74. The Labute approximate surface area is 119 Å². The van der Waals surface area contributed by atoms with Crippen molar-refractivity contribution < 1.29 is 9.00 Å². The summed E-state index contributed by atoms with van der Waals surface area (Å²) in [5.74, 6) is -0.810. The number of pyridine rings is 1. The molecule has 0 saturated carbocycles. The molecule has 1 aromatic carbocycles. The third-order valence-electron chi connectivity index (χ3n) is 2.96. The Hall–Kier alpha value is -2.01. The van der Waals surface area contributed by atoms with Crippen molar-refractivity contribution >= 4 is 15.6 Å². The summed E-state index contributed by atoms with van der Waals surface area (Å²) in [5.41, 5.74) is 0.859. The average molecular weight is 288 g/mol. The average Bonchev–Trinajstić information content (AvgIpc) is 2.48. The number of hydrogen-bond donors (Lipinski definition) is 0. The van der Waals surface area contributed by atoms with Crippen LogP contribution in [0.5, 0.6) is 0 Å². The Kier molecular flexibility index (Phi) is 4.29. The second-order valence-electron chi connectivity index (χ2n) is 4.53. The molecule has 0 bridgehead atoms. The molecular weight excluding hydrogens is 272 g/mol. The zero-order valence-electron chi connectivity index (χ0n) is 11.4. The van der Waals surface area contributed by atoms with Gasteiger partial charge in [0.15, 0.2) is 0 Å². The number of carbonyl (C=O) groups excluding carboxylic acids is 1. The lowest BCUT2D eigenvalue weighted by Crippen LogP contribution is -2.10. The van der Waals surface area contributed by atoms with Gasteiger partial charge < -0.3 is 0 Å². The van der Waals surface area contributed by atoms with Crippen LogP contribution < -0.4 is 0 Å².